The van der Waals surface area contributed by atoms with E-state index in [1.807, 2.05) is 35.2 Å². The van der Waals surface area contributed by atoms with Crippen LogP contribution in [0.2, 0.25) is 0 Å². The zero-order valence-electron chi connectivity index (χ0n) is 18.1. The molecule has 1 amide bonds. The molecule has 0 bridgehead atoms. The molecule has 0 spiro atoms. The lowest BCUT2D eigenvalue weighted by atomic mass is 10.0. The molecular formula is C25H29N3O2. The van der Waals surface area contributed by atoms with Crippen LogP contribution in [0.4, 0.5) is 0 Å². The van der Waals surface area contributed by atoms with E-state index < -0.39 is 0 Å². The standard InChI is InChI=1S/C25H29N3O2/c1-17-10-11-20(12-18(17)2)22-13-23(27-26-22)24(29)28(15-19-8-6-5-7-9-19)21-14-25(3,4)30-16-21/h5-13,21H,14-16H2,1-4H3,(H,26,27). The van der Waals surface area contributed by atoms with Gasteiger partial charge in [0.2, 0.25) is 0 Å². The highest BCUT2D eigenvalue weighted by Gasteiger charge is 2.38. The molecule has 2 aromatic carbocycles. The number of carbonyl (C=O) groups is 1. The van der Waals surface area contributed by atoms with Gasteiger partial charge in [0, 0.05) is 12.1 Å². The van der Waals surface area contributed by atoms with Crippen LogP contribution < -0.4 is 0 Å². The highest BCUT2D eigenvalue weighted by atomic mass is 16.5. The van der Waals surface area contributed by atoms with Gasteiger partial charge in [-0.1, -0.05) is 42.5 Å². The fraction of sp³-hybridized carbons (Fsp3) is 0.360. The van der Waals surface area contributed by atoms with Crippen LogP contribution in [0.15, 0.2) is 54.6 Å². The van der Waals surface area contributed by atoms with Crippen molar-refractivity contribution in [2.75, 3.05) is 6.61 Å². The monoisotopic (exact) mass is 403 g/mol. The number of hydrogen-bond acceptors (Lipinski definition) is 3. The molecule has 1 aliphatic rings. The quantitative estimate of drug-likeness (QED) is 0.659. The number of amides is 1. The van der Waals surface area contributed by atoms with E-state index in [9.17, 15) is 4.79 Å². The lowest BCUT2D eigenvalue weighted by molar-refractivity contribution is 0.0315. The number of nitrogens with zero attached hydrogens (tertiary/aromatic N) is 2. The Morgan fingerprint density at radius 1 is 1.13 bits per heavy atom. The Balaban J connectivity index is 1.61. The molecule has 4 rings (SSSR count). The maximum atomic E-state index is 13.5. The molecule has 1 unspecified atom stereocenters. The maximum Gasteiger partial charge on any atom is 0.272 e. The lowest BCUT2D eigenvalue weighted by Gasteiger charge is -2.28. The summed E-state index contributed by atoms with van der Waals surface area (Å²) >= 11 is 0. The first-order chi connectivity index (χ1) is 14.3. The predicted octanol–water partition coefficient (Wildman–Crippen LogP) is 4.90. The van der Waals surface area contributed by atoms with Crippen molar-refractivity contribution in [2.24, 2.45) is 0 Å². The molecule has 1 N–H and O–H groups in total. The third-order valence-corrected chi connectivity index (χ3v) is 5.90. The fourth-order valence-corrected chi connectivity index (χ4v) is 3.99. The second-order valence-electron chi connectivity index (χ2n) is 8.81. The number of benzene rings is 2. The Kier molecular flexibility index (Phi) is 5.48. The van der Waals surface area contributed by atoms with Crippen molar-refractivity contribution in [3.8, 4) is 11.3 Å². The van der Waals surface area contributed by atoms with Gasteiger partial charge in [-0.15, -0.1) is 0 Å². The molecule has 1 fully saturated rings. The Morgan fingerprint density at radius 3 is 2.57 bits per heavy atom. The summed E-state index contributed by atoms with van der Waals surface area (Å²) in [6, 6.07) is 18.2. The van der Waals surface area contributed by atoms with Crippen LogP contribution in [0, 0.1) is 13.8 Å². The summed E-state index contributed by atoms with van der Waals surface area (Å²) in [4.78, 5) is 15.4. The lowest BCUT2D eigenvalue weighted by Crippen LogP contribution is -2.41. The molecule has 2 heterocycles. The van der Waals surface area contributed by atoms with Gasteiger partial charge in [-0.3, -0.25) is 9.89 Å². The molecule has 5 nitrogen and oxygen atoms in total. The molecule has 1 atom stereocenters. The molecule has 156 valence electrons. The van der Waals surface area contributed by atoms with Gasteiger partial charge < -0.3 is 9.64 Å². The van der Waals surface area contributed by atoms with E-state index in [-0.39, 0.29) is 17.6 Å². The van der Waals surface area contributed by atoms with E-state index in [4.69, 9.17) is 4.74 Å². The highest BCUT2D eigenvalue weighted by Crippen LogP contribution is 2.30. The van der Waals surface area contributed by atoms with Gasteiger partial charge in [0.1, 0.15) is 5.69 Å². The maximum absolute atomic E-state index is 13.5. The molecule has 3 aromatic rings. The Hall–Kier alpha value is -2.92. The average molecular weight is 404 g/mol. The van der Waals surface area contributed by atoms with Gasteiger partial charge in [0.05, 0.1) is 23.9 Å². The van der Waals surface area contributed by atoms with Crippen LogP contribution in [0.25, 0.3) is 11.3 Å². The van der Waals surface area contributed by atoms with Crippen molar-refractivity contribution >= 4 is 5.91 Å². The molecule has 1 aromatic heterocycles. The van der Waals surface area contributed by atoms with E-state index in [1.165, 1.54) is 11.1 Å². The summed E-state index contributed by atoms with van der Waals surface area (Å²) in [6.45, 7) is 9.41. The topological polar surface area (TPSA) is 58.2 Å². The Morgan fingerprint density at radius 2 is 1.90 bits per heavy atom. The van der Waals surface area contributed by atoms with E-state index in [2.05, 4.69) is 62.2 Å². The first-order valence-corrected chi connectivity index (χ1v) is 10.4. The molecule has 30 heavy (non-hydrogen) atoms. The van der Waals surface area contributed by atoms with E-state index in [0.717, 1.165) is 23.2 Å². The summed E-state index contributed by atoms with van der Waals surface area (Å²) in [6.07, 6.45) is 0.809. The van der Waals surface area contributed by atoms with Crippen molar-refractivity contribution in [3.63, 3.8) is 0 Å². The number of aromatic amines is 1. The molecule has 1 aliphatic heterocycles. The van der Waals surface area contributed by atoms with Gasteiger partial charge in [-0.25, -0.2) is 0 Å². The third kappa shape index (κ3) is 4.31. The van der Waals surface area contributed by atoms with Gasteiger partial charge in [-0.2, -0.15) is 5.10 Å². The van der Waals surface area contributed by atoms with Crippen molar-refractivity contribution in [1.82, 2.24) is 15.1 Å². The van der Waals surface area contributed by atoms with Crippen LogP contribution in [-0.4, -0.2) is 39.3 Å². The Labute approximate surface area is 178 Å². The van der Waals surface area contributed by atoms with Gasteiger partial charge in [0.15, 0.2) is 0 Å². The largest absolute Gasteiger partial charge is 0.373 e. The zero-order valence-corrected chi connectivity index (χ0v) is 18.1. The van der Waals surface area contributed by atoms with Crippen LogP contribution in [0.5, 0.6) is 0 Å². The minimum absolute atomic E-state index is 0.0288. The average Bonchev–Trinajstić information content (AvgIpc) is 3.35. The minimum atomic E-state index is -0.224. The molecule has 0 saturated carbocycles. The number of rotatable bonds is 5. The molecule has 0 aliphatic carbocycles. The number of ether oxygens (including phenoxy) is 1. The number of aryl methyl sites for hydroxylation is 2. The van der Waals surface area contributed by atoms with Crippen LogP contribution in [-0.2, 0) is 11.3 Å². The van der Waals surface area contributed by atoms with Crippen LogP contribution in [0.3, 0.4) is 0 Å². The Bertz CT molecular complexity index is 1040. The van der Waals surface area contributed by atoms with Crippen molar-refractivity contribution in [1.29, 1.82) is 0 Å². The number of nitrogens with one attached hydrogen (secondary N) is 1. The second-order valence-corrected chi connectivity index (χ2v) is 8.81. The first kappa shape index (κ1) is 20.4. The highest BCUT2D eigenvalue weighted by molar-refractivity contribution is 5.93. The van der Waals surface area contributed by atoms with E-state index in [0.29, 0.717) is 18.8 Å². The third-order valence-electron chi connectivity index (χ3n) is 5.90. The summed E-state index contributed by atoms with van der Waals surface area (Å²) in [7, 11) is 0. The number of hydrogen-bond donors (Lipinski definition) is 1. The molecule has 0 radical (unpaired) electrons. The van der Waals surface area contributed by atoms with Crippen molar-refractivity contribution < 1.29 is 9.53 Å². The normalized spacial score (nSPS) is 17.8. The van der Waals surface area contributed by atoms with Crippen molar-refractivity contribution in [3.05, 3.63) is 77.0 Å². The summed E-state index contributed by atoms with van der Waals surface area (Å²) < 4.78 is 5.94. The number of aromatic nitrogens is 2. The van der Waals surface area contributed by atoms with Crippen molar-refractivity contribution in [2.45, 2.75) is 52.3 Å². The summed E-state index contributed by atoms with van der Waals surface area (Å²) in [5.41, 5.74) is 5.62. The second kappa shape index (κ2) is 8.07. The summed E-state index contributed by atoms with van der Waals surface area (Å²) in [5, 5.41) is 7.39. The molecular weight excluding hydrogens is 374 g/mol. The minimum Gasteiger partial charge on any atom is -0.373 e. The van der Waals surface area contributed by atoms with Gasteiger partial charge >= 0.3 is 0 Å². The zero-order chi connectivity index (χ0) is 21.3. The predicted molar refractivity (Wildman–Crippen MR) is 118 cm³/mol. The van der Waals surface area contributed by atoms with Gasteiger partial charge in [0.25, 0.3) is 5.91 Å². The number of carbonyl (C=O) groups excluding carboxylic acids is 1. The number of H-pyrrole nitrogens is 1. The van der Waals surface area contributed by atoms with E-state index >= 15 is 0 Å². The molecule has 1 saturated heterocycles. The van der Waals surface area contributed by atoms with E-state index in [1.54, 1.807) is 0 Å². The van der Waals surface area contributed by atoms with Crippen LogP contribution >= 0.6 is 0 Å². The SMILES string of the molecule is Cc1ccc(-c2cc(C(=O)N(Cc3ccccc3)C3COC(C)(C)C3)[nH]n2)cc1C. The molecule has 5 heteroatoms. The van der Waals surface area contributed by atoms with Gasteiger partial charge in [-0.05, 0) is 62.9 Å². The summed E-state index contributed by atoms with van der Waals surface area (Å²) in [5.74, 6) is -0.0484. The van der Waals surface area contributed by atoms with Crippen LogP contribution in [0.1, 0.15) is 47.4 Å². The fourth-order valence-electron chi connectivity index (χ4n) is 3.99. The first-order valence-electron chi connectivity index (χ1n) is 10.4. The smallest absolute Gasteiger partial charge is 0.272 e.